The zero-order valence-electron chi connectivity index (χ0n) is 5.09. The summed E-state index contributed by atoms with van der Waals surface area (Å²) in [4.78, 5) is 0. The zero-order chi connectivity index (χ0) is 6.41. The minimum atomic E-state index is 0.768. The van der Waals surface area contributed by atoms with E-state index in [1.54, 1.807) is 18.2 Å². The molecule has 0 aliphatic rings. The van der Waals surface area contributed by atoms with Gasteiger partial charge in [0.25, 0.3) is 0 Å². The lowest BCUT2D eigenvalue weighted by atomic mass is 9.95. The highest BCUT2D eigenvalue weighted by Gasteiger charge is 1.70. The van der Waals surface area contributed by atoms with Gasteiger partial charge in [-0.3, -0.25) is 0 Å². The molecule has 0 aromatic rings. The van der Waals surface area contributed by atoms with Gasteiger partial charge in [-0.05, 0) is 6.92 Å². The van der Waals surface area contributed by atoms with Crippen LogP contribution in [0.3, 0.4) is 0 Å². The first-order valence-corrected chi connectivity index (χ1v) is 2.52. The van der Waals surface area contributed by atoms with Gasteiger partial charge in [0.1, 0.15) is 7.85 Å². The number of rotatable bonds is 2. The Kier molecular flexibility index (Phi) is 4.05. The van der Waals surface area contributed by atoms with Crippen LogP contribution >= 0.6 is 0 Å². The maximum atomic E-state index is 5.39. The van der Waals surface area contributed by atoms with Gasteiger partial charge in [0.15, 0.2) is 0 Å². The Morgan fingerprint density at radius 2 is 2.25 bits per heavy atom. The summed E-state index contributed by atoms with van der Waals surface area (Å²) in [7, 11) is 5.39. The van der Waals surface area contributed by atoms with Gasteiger partial charge in [-0.2, -0.15) is 0 Å². The monoisotopic (exact) mass is 104 g/mol. The first-order valence-electron chi connectivity index (χ1n) is 2.52. The SMILES string of the molecule is [B]C(/C=C\C=C)=C/C. The topological polar surface area (TPSA) is 0 Å². The van der Waals surface area contributed by atoms with E-state index in [9.17, 15) is 0 Å². The van der Waals surface area contributed by atoms with Gasteiger partial charge in [0.05, 0.1) is 0 Å². The number of hydrogen-bond acceptors (Lipinski definition) is 0. The molecule has 0 aromatic carbocycles. The highest BCUT2D eigenvalue weighted by molar-refractivity contribution is 6.23. The third-order valence-corrected chi connectivity index (χ3v) is 0.758. The maximum Gasteiger partial charge on any atom is 0.113 e. The quantitative estimate of drug-likeness (QED) is 0.370. The summed E-state index contributed by atoms with van der Waals surface area (Å²) in [5.74, 6) is 0. The minimum absolute atomic E-state index is 0.768. The van der Waals surface area contributed by atoms with Crippen LogP contribution < -0.4 is 0 Å². The van der Waals surface area contributed by atoms with Gasteiger partial charge in [-0.1, -0.05) is 30.9 Å². The van der Waals surface area contributed by atoms with Crippen molar-refractivity contribution in [1.82, 2.24) is 0 Å². The van der Waals surface area contributed by atoms with E-state index in [0.717, 1.165) is 5.47 Å². The van der Waals surface area contributed by atoms with Gasteiger partial charge < -0.3 is 0 Å². The van der Waals surface area contributed by atoms with E-state index in [-0.39, 0.29) is 0 Å². The molecule has 1 heteroatoms. The van der Waals surface area contributed by atoms with Crippen molar-refractivity contribution in [2.24, 2.45) is 0 Å². The Hall–Kier alpha value is -0.715. The van der Waals surface area contributed by atoms with E-state index < -0.39 is 0 Å². The molecule has 0 aromatic heterocycles. The fraction of sp³-hybridized carbons (Fsp3) is 0.143. The van der Waals surface area contributed by atoms with E-state index in [1.165, 1.54) is 0 Å². The molecule has 0 aliphatic carbocycles. The molecular formula is C7H9B. The predicted molar refractivity (Wildman–Crippen MR) is 38.8 cm³/mol. The highest BCUT2D eigenvalue weighted by atomic mass is 13.7. The second-order valence-corrected chi connectivity index (χ2v) is 1.38. The molecule has 0 saturated heterocycles. The predicted octanol–water partition coefficient (Wildman–Crippen LogP) is 1.80. The van der Waals surface area contributed by atoms with E-state index in [1.807, 2.05) is 13.0 Å². The van der Waals surface area contributed by atoms with Crippen LogP contribution in [0, 0.1) is 0 Å². The van der Waals surface area contributed by atoms with E-state index in [0.29, 0.717) is 0 Å². The van der Waals surface area contributed by atoms with E-state index >= 15 is 0 Å². The van der Waals surface area contributed by atoms with Crippen LogP contribution in [0.5, 0.6) is 0 Å². The normalized spacial score (nSPS) is 12.4. The maximum absolute atomic E-state index is 5.39. The van der Waals surface area contributed by atoms with Crippen LogP contribution in [0.25, 0.3) is 0 Å². The molecule has 0 nitrogen and oxygen atoms in total. The van der Waals surface area contributed by atoms with Crippen molar-refractivity contribution in [2.75, 3.05) is 0 Å². The lowest BCUT2D eigenvalue weighted by Gasteiger charge is -1.82. The Morgan fingerprint density at radius 3 is 2.62 bits per heavy atom. The smallest absolute Gasteiger partial charge is 0.101 e. The van der Waals surface area contributed by atoms with Gasteiger partial charge in [0, 0.05) is 0 Å². The standard InChI is InChI=1S/C7H9B/c1-3-5-6-7(8)4-2/h3-6H,1H2,2H3/b6-5-,7-4+. The molecule has 0 heterocycles. The molecule has 0 atom stereocenters. The van der Waals surface area contributed by atoms with Crippen molar-refractivity contribution in [2.45, 2.75) is 6.92 Å². The van der Waals surface area contributed by atoms with Gasteiger partial charge >= 0.3 is 0 Å². The summed E-state index contributed by atoms with van der Waals surface area (Å²) in [6, 6.07) is 0. The van der Waals surface area contributed by atoms with Crippen molar-refractivity contribution in [1.29, 1.82) is 0 Å². The lowest BCUT2D eigenvalue weighted by molar-refractivity contribution is 1.69. The second-order valence-electron chi connectivity index (χ2n) is 1.38. The molecule has 0 bridgehead atoms. The minimum Gasteiger partial charge on any atom is -0.101 e. The van der Waals surface area contributed by atoms with Crippen LogP contribution in [-0.4, -0.2) is 7.85 Å². The molecule has 0 N–H and O–H groups in total. The number of allylic oxidation sites excluding steroid dienone is 5. The molecule has 2 radical (unpaired) electrons. The Balaban J connectivity index is 3.69. The molecule has 0 rings (SSSR count). The van der Waals surface area contributed by atoms with Crippen molar-refractivity contribution in [3.8, 4) is 0 Å². The summed E-state index contributed by atoms with van der Waals surface area (Å²) in [5, 5.41) is 0. The van der Waals surface area contributed by atoms with Crippen molar-refractivity contribution >= 4 is 7.85 Å². The first kappa shape index (κ1) is 7.28. The fourth-order valence-corrected chi connectivity index (χ4v) is 0.275. The van der Waals surface area contributed by atoms with Crippen LogP contribution in [0.15, 0.2) is 36.4 Å². The summed E-state index contributed by atoms with van der Waals surface area (Å²) in [6.45, 7) is 5.39. The van der Waals surface area contributed by atoms with Crippen LogP contribution in [0.4, 0.5) is 0 Å². The van der Waals surface area contributed by atoms with Crippen LogP contribution in [-0.2, 0) is 0 Å². The Bertz CT molecular complexity index is 120. The van der Waals surface area contributed by atoms with Crippen LogP contribution in [0.2, 0.25) is 0 Å². The van der Waals surface area contributed by atoms with E-state index in [4.69, 9.17) is 7.85 Å². The Morgan fingerprint density at radius 1 is 1.62 bits per heavy atom. The van der Waals surface area contributed by atoms with Gasteiger partial charge in [-0.15, -0.1) is 5.47 Å². The lowest BCUT2D eigenvalue weighted by Crippen LogP contribution is -1.69. The van der Waals surface area contributed by atoms with Gasteiger partial charge in [0.2, 0.25) is 0 Å². The molecule has 0 spiro atoms. The molecule has 0 amide bonds. The molecule has 0 saturated carbocycles. The average molecular weight is 104 g/mol. The van der Waals surface area contributed by atoms with Crippen LogP contribution in [0.1, 0.15) is 6.92 Å². The summed E-state index contributed by atoms with van der Waals surface area (Å²) in [6.07, 6.45) is 7.12. The first-order chi connectivity index (χ1) is 3.81. The second kappa shape index (κ2) is 4.44. The largest absolute Gasteiger partial charge is 0.113 e. The molecule has 40 valence electrons. The van der Waals surface area contributed by atoms with Gasteiger partial charge in [-0.25, -0.2) is 0 Å². The summed E-state index contributed by atoms with van der Waals surface area (Å²) >= 11 is 0. The molecule has 0 fully saturated rings. The average Bonchev–Trinajstić information content (AvgIpc) is 1.83. The molecule has 0 aliphatic heterocycles. The molecular weight excluding hydrogens is 94.9 g/mol. The zero-order valence-corrected chi connectivity index (χ0v) is 5.09. The Labute approximate surface area is 52.0 Å². The van der Waals surface area contributed by atoms with Crippen molar-refractivity contribution in [3.05, 3.63) is 36.4 Å². The third kappa shape index (κ3) is 3.47. The molecule has 8 heavy (non-hydrogen) atoms. The fourth-order valence-electron chi connectivity index (χ4n) is 0.275. The third-order valence-electron chi connectivity index (χ3n) is 0.758. The van der Waals surface area contributed by atoms with Crippen molar-refractivity contribution in [3.63, 3.8) is 0 Å². The number of hydrogen-bond donors (Lipinski definition) is 0. The summed E-state index contributed by atoms with van der Waals surface area (Å²) in [5.41, 5.74) is 0.768. The summed E-state index contributed by atoms with van der Waals surface area (Å²) < 4.78 is 0. The molecule has 0 unspecified atom stereocenters. The van der Waals surface area contributed by atoms with E-state index in [2.05, 4.69) is 6.58 Å². The highest BCUT2D eigenvalue weighted by Crippen LogP contribution is 1.87. The van der Waals surface area contributed by atoms with Crippen molar-refractivity contribution < 1.29 is 0 Å².